The Morgan fingerprint density at radius 1 is 0.920 bits per heavy atom. The third-order valence-corrected chi connectivity index (χ3v) is 2.90. The number of rotatable bonds is 6. The number of imide groups is 1. The Hall–Kier alpha value is -3.35. The van der Waals surface area contributed by atoms with Crippen LogP contribution < -0.4 is 10.1 Å². The maximum absolute atomic E-state index is 12.0. The minimum atomic E-state index is -0.887. The van der Waals surface area contributed by atoms with Crippen LogP contribution in [0.2, 0.25) is 0 Å². The molecule has 2 aromatic carbocycles. The van der Waals surface area contributed by atoms with Gasteiger partial charge in [0.15, 0.2) is 6.61 Å². The number of esters is 1. The highest BCUT2D eigenvalue weighted by Gasteiger charge is 2.13. The minimum absolute atomic E-state index is 0.132. The first-order valence-electron chi connectivity index (χ1n) is 7.55. The fourth-order valence-corrected chi connectivity index (χ4v) is 1.84. The van der Waals surface area contributed by atoms with Crippen LogP contribution in [-0.2, 0) is 14.3 Å². The highest BCUT2D eigenvalue weighted by Crippen LogP contribution is 2.22. The van der Waals surface area contributed by atoms with Crippen molar-refractivity contribution < 1.29 is 28.6 Å². The van der Waals surface area contributed by atoms with E-state index in [-0.39, 0.29) is 12.2 Å². The van der Waals surface area contributed by atoms with Crippen molar-refractivity contribution in [3.63, 3.8) is 0 Å². The van der Waals surface area contributed by atoms with Gasteiger partial charge in [0.25, 0.3) is 5.91 Å². The van der Waals surface area contributed by atoms with Crippen LogP contribution in [0.1, 0.15) is 17.3 Å². The van der Waals surface area contributed by atoms with Gasteiger partial charge in [-0.15, -0.1) is 0 Å². The van der Waals surface area contributed by atoms with Gasteiger partial charge in [-0.1, -0.05) is 24.3 Å². The maximum atomic E-state index is 12.0. The second-order valence-corrected chi connectivity index (χ2v) is 4.79. The number of alkyl carbamates (subject to hydrolysis) is 1. The van der Waals surface area contributed by atoms with E-state index in [2.05, 4.69) is 4.74 Å². The smallest absolute Gasteiger partial charge is 0.413 e. The van der Waals surface area contributed by atoms with Crippen LogP contribution >= 0.6 is 0 Å². The van der Waals surface area contributed by atoms with E-state index in [1.165, 1.54) is 12.1 Å². The molecule has 130 valence electrons. The summed E-state index contributed by atoms with van der Waals surface area (Å²) in [5.41, 5.74) is 0.220. The molecule has 0 unspecified atom stereocenters. The standard InChI is InChI=1S/C18H17NO6/c1-2-23-18(22)19-16(20)12-24-17(21)13-7-6-10-15(11-13)25-14-8-4-3-5-9-14/h3-11H,2,12H2,1H3,(H,19,20,22). The molecule has 0 aliphatic carbocycles. The van der Waals surface area contributed by atoms with Crippen molar-refractivity contribution in [3.05, 3.63) is 60.2 Å². The number of nitrogens with one attached hydrogen (secondary N) is 1. The van der Waals surface area contributed by atoms with Crippen LogP contribution in [0.5, 0.6) is 11.5 Å². The molecule has 7 heteroatoms. The molecule has 1 N–H and O–H groups in total. The van der Waals surface area contributed by atoms with Gasteiger partial charge in [0, 0.05) is 0 Å². The average molecular weight is 343 g/mol. The normalized spacial score (nSPS) is 9.80. The van der Waals surface area contributed by atoms with Gasteiger partial charge >= 0.3 is 12.1 Å². The van der Waals surface area contributed by atoms with Crippen LogP contribution in [0.4, 0.5) is 4.79 Å². The molecule has 0 saturated heterocycles. The number of carbonyl (C=O) groups is 3. The monoisotopic (exact) mass is 343 g/mol. The van der Waals surface area contributed by atoms with E-state index in [9.17, 15) is 14.4 Å². The molecule has 0 spiro atoms. The Labute approximate surface area is 144 Å². The summed E-state index contributed by atoms with van der Waals surface area (Å²) in [6.07, 6.45) is -0.887. The van der Waals surface area contributed by atoms with Gasteiger partial charge in [0.1, 0.15) is 11.5 Å². The number of ether oxygens (including phenoxy) is 3. The van der Waals surface area contributed by atoms with Crippen molar-refractivity contribution in [1.29, 1.82) is 0 Å². The van der Waals surface area contributed by atoms with E-state index in [0.717, 1.165) is 0 Å². The zero-order chi connectivity index (χ0) is 18.1. The number of hydrogen-bond acceptors (Lipinski definition) is 6. The number of para-hydroxylation sites is 1. The lowest BCUT2D eigenvalue weighted by Crippen LogP contribution is -2.34. The Kier molecular flexibility index (Phi) is 6.53. The first kappa shape index (κ1) is 18.0. The van der Waals surface area contributed by atoms with Crippen LogP contribution in [0.3, 0.4) is 0 Å². The van der Waals surface area contributed by atoms with Gasteiger partial charge in [-0.2, -0.15) is 0 Å². The minimum Gasteiger partial charge on any atom is -0.457 e. The number of amides is 2. The fourth-order valence-electron chi connectivity index (χ4n) is 1.84. The molecule has 0 bridgehead atoms. The van der Waals surface area contributed by atoms with Crippen molar-refractivity contribution in [2.45, 2.75) is 6.92 Å². The Balaban J connectivity index is 1.90. The fraction of sp³-hybridized carbons (Fsp3) is 0.167. The summed E-state index contributed by atoms with van der Waals surface area (Å²) < 4.78 is 15.0. The first-order chi connectivity index (χ1) is 12.1. The van der Waals surface area contributed by atoms with Gasteiger partial charge < -0.3 is 14.2 Å². The van der Waals surface area contributed by atoms with E-state index in [1.54, 1.807) is 31.2 Å². The first-order valence-corrected chi connectivity index (χ1v) is 7.55. The second-order valence-electron chi connectivity index (χ2n) is 4.79. The van der Waals surface area contributed by atoms with Crippen molar-refractivity contribution in [3.8, 4) is 11.5 Å². The summed E-state index contributed by atoms with van der Waals surface area (Å²) in [6.45, 7) is 1.14. The third-order valence-electron chi connectivity index (χ3n) is 2.90. The highest BCUT2D eigenvalue weighted by atomic mass is 16.6. The highest BCUT2D eigenvalue weighted by molar-refractivity contribution is 5.95. The molecule has 0 aromatic heterocycles. The van der Waals surface area contributed by atoms with Crippen molar-refractivity contribution in [1.82, 2.24) is 5.32 Å². The summed E-state index contributed by atoms with van der Waals surface area (Å²) in [7, 11) is 0. The topological polar surface area (TPSA) is 90.9 Å². The predicted octanol–water partition coefficient (Wildman–Crippen LogP) is 2.91. The van der Waals surface area contributed by atoms with Gasteiger partial charge in [-0.05, 0) is 37.3 Å². The Morgan fingerprint density at radius 2 is 1.64 bits per heavy atom. The zero-order valence-electron chi connectivity index (χ0n) is 13.6. The summed E-state index contributed by atoms with van der Waals surface area (Å²) in [5.74, 6) is -0.403. The van der Waals surface area contributed by atoms with E-state index in [1.807, 2.05) is 23.5 Å². The molecule has 25 heavy (non-hydrogen) atoms. The molecule has 0 saturated carbocycles. The van der Waals surface area contributed by atoms with E-state index >= 15 is 0 Å². The second kappa shape index (κ2) is 9.07. The van der Waals surface area contributed by atoms with Gasteiger partial charge in [0.05, 0.1) is 12.2 Å². The van der Waals surface area contributed by atoms with Crippen molar-refractivity contribution in [2.24, 2.45) is 0 Å². The lowest BCUT2D eigenvalue weighted by molar-refractivity contribution is -0.123. The molecule has 2 amide bonds. The Bertz CT molecular complexity index is 744. The third kappa shape index (κ3) is 5.98. The lowest BCUT2D eigenvalue weighted by Gasteiger charge is -2.08. The lowest BCUT2D eigenvalue weighted by atomic mass is 10.2. The number of carbonyl (C=O) groups excluding carboxylic acids is 3. The predicted molar refractivity (Wildman–Crippen MR) is 88.4 cm³/mol. The molecule has 0 aliphatic heterocycles. The Morgan fingerprint density at radius 3 is 2.36 bits per heavy atom. The SMILES string of the molecule is CCOC(=O)NC(=O)COC(=O)c1cccc(Oc2ccccc2)c1. The molecule has 0 fully saturated rings. The molecule has 2 aromatic rings. The summed E-state index contributed by atoms with van der Waals surface area (Å²) in [6, 6.07) is 15.4. The van der Waals surface area contributed by atoms with Crippen LogP contribution in [0.25, 0.3) is 0 Å². The van der Waals surface area contributed by atoms with Crippen LogP contribution in [0, 0.1) is 0 Å². The molecule has 0 atom stereocenters. The van der Waals surface area contributed by atoms with Gasteiger partial charge in [0.2, 0.25) is 0 Å². The van der Waals surface area contributed by atoms with Crippen LogP contribution in [-0.4, -0.2) is 31.2 Å². The largest absolute Gasteiger partial charge is 0.457 e. The van der Waals surface area contributed by atoms with Crippen molar-refractivity contribution >= 4 is 18.0 Å². The van der Waals surface area contributed by atoms with Crippen LogP contribution in [0.15, 0.2) is 54.6 Å². The molecule has 7 nitrogen and oxygen atoms in total. The summed E-state index contributed by atoms with van der Waals surface area (Å²) in [4.78, 5) is 34.5. The quantitative estimate of drug-likeness (QED) is 0.811. The molecule has 2 rings (SSSR count). The van der Waals surface area contributed by atoms with Gasteiger partial charge in [-0.25, -0.2) is 9.59 Å². The zero-order valence-corrected chi connectivity index (χ0v) is 13.6. The molecular weight excluding hydrogens is 326 g/mol. The molecule has 0 radical (unpaired) electrons. The number of hydrogen-bond donors (Lipinski definition) is 1. The van der Waals surface area contributed by atoms with Crippen molar-refractivity contribution in [2.75, 3.05) is 13.2 Å². The van der Waals surface area contributed by atoms with Gasteiger partial charge in [-0.3, -0.25) is 10.1 Å². The summed E-state index contributed by atoms with van der Waals surface area (Å²) >= 11 is 0. The van der Waals surface area contributed by atoms with E-state index < -0.39 is 24.6 Å². The van der Waals surface area contributed by atoms with E-state index in [0.29, 0.717) is 11.5 Å². The van der Waals surface area contributed by atoms with E-state index in [4.69, 9.17) is 9.47 Å². The number of benzene rings is 2. The molecular formula is C18H17NO6. The summed E-state index contributed by atoms with van der Waals surface area (Å²) in [5, 5.41) is 1.93. The average Bonchev–Trinajstić information content (AvgIpc) is 2.61. The molecule has 0 heterocycles. The maximum Gasteiger partial charge on any atom is 0.413 e. The molecule has 0 aliphatic rings.